The Morgan fingerprint density at radius 2 is 2.19 bits per heavy atom. The minimum absolute atomic E-state index is 0.374. The normalized spacial score (nSPS) is 17.2. The molecule has 0 amide bonds. The van der Waals surface area contributed by atoms with Crippen molar-refractivity contribution in [1.82, 2.24) is 10.2 Å². The highest BCUT2D eigenvalue weighted by atomic mass is 16.5. The maximum absolute atomic E-state index is 8.99. The Kier molecular flexibility index (Phi) is 6.00. The van der Waals surface area contributed by atoms with Crippen LogP contribution in [0.15, 0.2) is 18.2 Å². The number of nitrogens with zero attached hydrogens (tertiary/aromatic N) is 2. The zero-order valence-corrected chi connectivity index (χ0v) is 12.8. The second-order valence-corrected chi connectivity index (χ2v) is 5.33. The van der Waals surface area contributed by atoms with Gasteiger partial charge >= 0.3 is 0 Å². The van der Waals surface area contributed by atoms with Gasteiger partial charge in [0.2, 0.25) is 0 Å². The third-order valence-electron chi connectivity index (χ3n) is 3.69. The Labute approximate surface area is 126 Å². The van der Waals surface area contributed by atoms with E-state index in [0.29, 0.717) is 18.2 Å². The Balaban J connectivity index is 1.88. The van der Waals surface area contributed by atoms with Crippen LogP contribution >= 0.6 is 0 Å². The van der Waals surface area contributed by atoms with Crippen molar-refractivity contribution in [3.63, 3.8) is 0 Å². The standard InChI is InChI=1S/C16H23N3O2/c1-13(12-19-5-7-21-8-6-19)18-11-15-9-14(10-17)3-4-16(15)20-2/h3-4,9,13,18H,5-8,11-12H2,1-2H3. The maximum atomic E-state index is 8.99. The quantitative estimate of drug-likeness (QED) is 0.857. The highest BCUT2D eigenvalue weighted by Gasteiger charge is 2.14. The largest absolute Gasteiger partial charge is 0.496 e. The van der Waals surface area contributed by atoms with Crippen LogP contribution in [0.1, 0.15) is 18.1 Å². The highest BCUT2D eigenvalue weighted by molar-refractivity contribution is 5.42. The first kappa shape index (κ1) is 15.8. The number of ether oxygens (including phenoxy) is 2. The van der Waals surface area contributed by atoms with Crippen molar-refractivity contribution in [2.75, 3.05) is 40.0 Å². The molecule has 1 N–H and O–H groups in total. The summed E-state index contributed by atoms with van der Waals surface area (Å²) >= 11 is 0. The van der Waals surface area contributed by atoms with Crippen molar-refractivity contribution in [2.24, 2.45) is 0 Å². The molecule has 0 bridgehead atoms. The molecule has 0 aliphatic carbocycles. The van der Waals surface area contributed by atoms with Crippen LogP contribution in [0, 0.1) is 11.3 Å². The summed E-state index contributed by atoms with van der Waals surface area (Å²) in [6.07, 6.45) is 0. The van der Waals surface area contributed by atoms with E-state index >= 15 is 0 Å². The van der Waals surface area contributed by atoms with Crippen molar-refractivity contribution >= 4 is 0 Å². The summed E-state index contributed by atoms with van der Waals surface area (Å²) in [5, 5.41) is 12.5. The van der Waals surface area contributed by atoms with E-state index in [4.69, 9.17) is 14.7 Å². The lowest BCUT2D eigenvalue weighted by Gasteiger charge is -2.29. The van der Waals surface area contributed by atoms with Gasteiger partial charge in [0.25, 0.3) is 0 Å². The minimum Gasteiger partial charge on any atom is -0.496 e. The van der Waals surface area contributed by atoms with Gasteiger partial charge in [0.15, 0.2) is 0 Å². The first-order valence-corrected chi connectivity index (χ1v) is 7.33. The molecule has 1 aromatic carbocycles. The van der Waals surface area contributed by atoms with Gasteiger partial charge in [-0.25, -0.2) is 0 Å². The molecule has 1 fully saturated rings. The zero-order chi connectivity index (χ0) is 15.1. The average molecular weight is 289 g/mol. The molecule has 5 heteroatoms. The molecule has 0 spiro atoms. The minimum atomic E-state index is 0.374. The van der Waals surface area contributed by atoms with Crippen LogP contribution in [0.4, 0.5) is 0 Å². The Morgan fingerprint density at radius 1 is 1.43 bits per heavy atom. The van der Waals surface area contributed by atoms with Gasteiger partial charge in [-0.15, -0.1) is 0 Å². The fraction of sp³-hybridized carbons (Fsp3) is 0.562. The van der Waals surface area contributed by atoms with Gasteiger partial charge in [-0.3, -0.25) is 4.90 Å². The summed E-state index contributed by atoms with van der Waals surface area (Å²) in [4.78, 5) is 2.41. The summed E-state index contributed by atoms with van der Waals surface area (Å²) < 4.78 is 10.7. The Morgan fingerprint density at radius 3 is 2.86 bits per heavy atom. The fourth-order valence-electron chi connectivity index (χ4n) is 2.51. The molecule has 2 rings (SSSR count). The number of methoxy groups -OCH3 is 1. The van der Waals surface area contributed by atoms with Crippen LogP contribution in [-0.4, -0.2) is 50.9 Å². The highest BCUT2D eigenvalue weighted by Crippen LogP contribution is 2.19. The molecule has 1 unspecified atom stereocenters. The first-order valence-electron chi connectivity index (χ1n) is 7.33. The molecule has 1 heterocycles. The number of benzene rings is 1. The summed E-state index contributed by atoms with van der Waals surface area (Å²) in [7, 11) is 1.65. The average Bonchev–Trinajstić information content (AvgIpc) is 2.53. The van der Waals surface area contributed by atoms with E-state index in [-0.39, 0.29) is 0 Å². The molecule has 1 aromatic rings. The Hall–Kier alpha value is -1.61. The summed E-state index contributed by atoms with van der Waals surface area (Å²) in [5.41, 5.74) is 1.68. The number of nitrogens with one attached hydrogen (secondary N) is 1. The second kappa shape index (κ2) is 7.99. The van der Waals surface area contributed by atoms with E-state index < -0.39 is 0 Å². The molecule has 114 valence electrons. The van der Waals surface area contributed by atoms with Crippen LogP contribution < -0.4 is 10.1 Å². The van der Waals surface area contributed by atoms with Gasteiger partial charge in [0, 0.05) is 37.8 Å². The monoisotopic (exact) mass is 289 g/mol. The van der Waals surface area contributed by atoms with Gasteiger partial charge in [-0.05, 0) is 25.1 Å². The van der Waals surface area contributed by atoms with Crippen molar-refractivity contribution in [3.05, 3.63) is 29.3 Å². The molecule has 21 heavy (non-hydrogen) atoms. The smallest absolute Gasteiger partial charge is 0.123 e. The molecule has 1 aliphatic heterocycles. The van der Waals surface area contributed by atoms with Gasteiger partial charge in [-0.2, -0.15) is 5.26 Å². The topological polar surface area (TPSA) is 57.5 Å². The molecule has 0 saturated carbocycles. The third kappa shape index (κ3) is 4.71. The van der Waals surface area contributed by atoms with E-state index in [0.717, 1.165) is 44.2 Å². The van der Waals surface area contributed by atoms with Crippen LogP contribution in [-0.2, 0) is 11.3 Å². The van der Waals surface area contributed by atoms with E-state index in [1.165, 1.54) is 0 Å². The molecule has 5 nitrogen and oxygen atoms in total. The van der Waals surface area contributed by atoms with Gasteiger partial charge in [-0.1, -0.05) is 0 Å². The number of hydrogen-bond acceptors (Lipinski definition) is 5. The van der Waals surface area contributed by atoms with Crippen LogP contribution in [0.5, 0.6) is 5.75 Å². The first-order chi connectivity index (χ1) is 10.2. The summed E-state index contributed by atoms with van der Waals surface area (Å²) in [5.74, 6) is 0.820. The summed E-state index contributed by atoms with van der Waals surface area (Å²) in [6, 6.07) is 8.05. The van der Waals surface area contributed by atoms with Crippen LogP contribution in [0.25, 0.3) is 0 Å². The van der Waals surface area contributed by atoms with Crippen molar-refractivity contribution in [2.45, 2.75) is 19.5 Å². The molecule has 1 saturated heterocycles. The molecular formula is C16H23N3O2. The number of rotatable bonds is 6. The van der Waals surface area contributed by atoms with Gasteiger partial charge in [0.05, 0.1) is 32.0 Å². The summed E-state index contributed by atoms with van der Waals surface area (Å²) in [6.45, 7) is 7.53. The fourth-order valence-corrected chi connectivity index (χ4v) is 2.51. The van der Waals surface area contributed by atoms with Gasteiger partial charge in [0.1, 0.15) is 5.75 Å². The van der Waals surface area contributed by atoms with Crippen molar-refractivity contribution < 1.29 is 9.47 Å². The Bertz CT molecular complexity index is 493. The van der Waals surface area contributed by atoms with E-state index in [9.17, 15) is 0 Å². The molecule has 0 radical (unpaired) electrons. The SMILES string of the molecule is COc1ccc(C#N)cc1CNC(C)CN1CCOCC1. The van der Waals surface area contributed by atoms with Gasteiger partial charge < -0.3 is 14.8 Å². The predicted octanol–water partition coefficient (Wildman–Crippen LogP) is 1.38. The number of nitriles is 1. The predicted molar refractivity (Wildman–Crippen MR) is 81.3 cm³/mol. The van der Waals surface area contributed by atoms with E-state index in [1.54, 1.807) is 13.2 Å². The number of hydrogen-bond donors (Lipinski definition) is 1. The lowest BCUT2D eigenvalue weighted by molar-refractivity contribution is 0.0343. The maximum Gasteiger partial charge on any atom is 0.123 e. The van der Waals surface area contributed by atoms with Crippen LogP contribution in [0.2, 0.25) is 0 Å². The van der Waals surface area contributed by atoms with E-state index in [2.05, 4.69) is 23.2 Å². The molecule has 1 atom stereocenters. The molecule has 1 aliphatic rings. The lowest BCUT2D eigenvalue weighted by atomic mass is 10.1. The van der Waals surface area contributed by atoms with Crippen molar-refractivity contribution in [3.8, 4) is 11.8 Å². The molecular weight excluding hydrogens is 266 g/mol. The zero-order valence-electron chi connectivity index (χ0n) is 12.8. The van der Waals surface area contributed by atoms with E-state index in [1.807, 2.05) is 12.1 Å². The number of morpholine rings is 1. The molecule has 0 aromatic heterocycles. The van der Waals surface area contributed by atoms with Crippen LogP contribution in [0.3, 0.4) is 0 Å². The second-order valence-electron chi connectivity index (χ2n) is 5.33. The van der Waals surface area contributed by atoms with Crippen molar-refractivity contribution in [1.29, 1.82) is 5.26 Å². The lowest BCUT2D eigenvalue weighted by Crippen LogP contribution is -2.44. The third-order valence-corrected chi connectivity index (χ3v) is 3.69.